The second kappa shape index (κ2) is 8.09. The third kappa shape index (κ3) is 3.64. The maximum atomic E-state index is 11.3. The van der Waals surface area contributed by atoms with Crippen molar-refractivity contribution in [2.24, 2.45) is 5.92 Å². The van der Waals surface area contributed by atoms with Gasteiger partial charge in [-0.25, -0.2) is 0 Å². The molecule has 0 heterocycles. The van der Waals surface area contributed by atoms with Crippen molar-refractivity contribution >= 4 is 6.47 Å². The third-order valence-electron chi connectivity index (χ3n) is 7.61. The number of carbonyl (C=O) groups is 1. The highest BCUT2D eigenvalue weighted by molar-refractivity contribution is 5.50. The van der Waals surface area contributed by atoms with Gasteiger partial charge in [-0.05, 0) is 78.7 Å². The quantitative estimate of drug-likeness (QED) is 0.526. The van der Waals surface area contributed by atoms with Crippen LogP contribution in [0.2, 0.25) is 0 Å². The molecule has 2 aliphatic carbocycles. The molecule has 0 amide bonds. The molecule has 3 nitrogen and oxygen atoms in total. The van der Waals surface area contributed by atoms with Crippen molar-refractivity contribution in [3.63, 3.8) is 0 Å². The van der Waals surface area contributed by atoms with Crippen LogP contribution in [0.15, 0.2) is 42.5 Å². The van der Waals surface area contributed by atoms with Gasteiger partial charge in [0.2, 0.25) is 0 Å². The van der Waals surface area contributed by atoms with Gasteiger partial charge in [0.25, 0.3) is 6.47 Å². The number of carbonyl (C=O) groups excluding carboxylic acids is 1. The third-order valence-corrected chi connectivity index (χ3v) is 7.61. The van der Waals surface area contributed by atoms with Crippen LogP contribution in [0.25, 0.3) is 0 Å². The van der Waals surface area contributed by atoms with E-state index in [9.17, 15) is 4.79 Å². The lowest BCUT2D eigenvalue weighted by atomic mass is 9.53. The molecule has 4 rings (SSSR count). The minimum absolute atomic E-state index is 0.00393. The maximum absolute atomic E-state index is 11.3. The van der Waals surface area contributed by atoms with Crippen molar-refractivity contribution in [1.29, 1.82) is 0 Å². The average molecular weight is 407 g/mol. The molecule has 1 fully saturated rings. The molecule has 3 atom stereocenters. The topological polar surface area (TPSA) is 35.5 Å². The summed E-state index contributed by atoms with van der Waals surface area (Å²) in [5.41, 5.74) is 4.93. The van der Waals surface area contributed by atoms with Crippen LogP contribution < -0.4 is 4.74 Å². The molecule has 0 N–H and O–H groups in total. The highest BCUT2D eigenvalue weighted by Crippen LogP contribution is 2.55. The predicted octanol–water partition coefficient (Wildman–Crippen LogP) is 6.32. The predicted molar refractivity (Wildman–Crippen MR) is 120 cm³/mol. The van der Waals surface area contributed by atoms with Gasteiger partial charge in [-0.15, -0.1) is 0 Å². The molecule has 2 aromatic rings. The summed E-state index contributed by atoms with van der Waals surface area (Å²) in [6.07, 6.45) is 5.25. The molecule has 30 heavy (non-hydrogen) atoms. The van der Waals surface area contributed by atoms with E-state index < -0.39 is 0 Å². The minimum atomic E-state index is -0.381. The van der Waals surface area contributed by atoms with Gasteiger partial charge < -0.3 is 9.47 Å². The fourth-order valence-electron chi connectivity index (χ4n) is 6.02. The summed E-state index contributed by atoms with van der Waals surface area (Å²) in [5.74, 6) is 1.74. The van der Waals surface area contributed by atoms with Gasteiger partial charge in [-0.2, -0.15) is 0 Å². The molecule has 0 aromatic heterocycles. The highest BCUT2D eigenvalue weighted by Gasteiger charge is 2.53. The molecule has 2 aromatic carbocycles. The van der Waals surface area contributed by atoms with Gasteiger partial charge in [-0.1, -0.05) is 57.2 Å². The lowest BCUT2D eigenvalue weighted by molar-refractivity contribution is -0.158. The van der Waals surface area contributed by atoms with Crippen molar-refractivity contribution in [1.82, 2.24) is 0 Å². The first-order valence-electron chi connectivity index (χ1n) is 11.3. The molecule has 0 aliphatic heterocycles. The van der Waals surface area contributed by atoms with Gasteiger partial charge in [0, 0.05) is 5.92 Å². The summed E-state index contributed by atoms with van der Waals surface area (Å²) in [4.78, 5) is 11.3. The van der Waals surface area contributed by atoms with Crippen LogP contribution in [-0.2, 0) is 28.0 Å². The van der Waals surface area contributed by atoms with Crippen molar-refractivity contribution in [2.45, 2.75) is 83.3 Å². The fraction of sp³-hybridized carbons (Fsp3) is 0.519. The van der Waals surface area contributed by atoms with Gasteiger partial charge in [0.05, 0.1) is 0 Å². The summed E-state index contributed by atoms with van der Waals surface area (Å²) < 4.78 is 12.1. The Kier molecular flexibility index (Phi) is 5.65. The van der Waals surface area contributed by atoms with Crippen molar-refractivity contribution in [3.8, 4) is 5.75 Å². The number of aryl methyl sites for hydroxylation is 1. The molecule has 0 radical (unpaired) electrons. The zero-order valence-corrected chi connectivity index (χ0v) is 18.7. The van der Waals surface area contributed by atoms with E-state index in [1.807, 2.05) is 6.07 Å². The smallest absolute Gasteiger partial charge is 0.293 e. The molecule has 3 heteroatoms. The number of rotatable bonds is 6. The summed E-state index contributed by atoms with van der Waals surface area (Å²) in [5, 5.41) is 0. The van der Waals surface area contributed by atoms with E-state index in [1.165, 1.54) is 22.3 Å². The molecular formula is C27H34O3. The largest absolute Gasteiger partial charge is 0.489 e. The number of hydrogen-bond donors (Lipinski definition) is 0. The minimum Gasteiger partial charge on any atom is -0.489 e. The number of fused-ring (bicyclic) bond motifs is 3. The Hall–Kier alpha value is -2.29. The van der Waals surface area contributed by atoms with Crippen LogP contribution in [0.4, 0.5) is 0 Å². The number of hydrogen-bond acceptors (Lipinski definition) is 3. The lowest BCUT2D eigenvalue weighted by Crippen LogP contribution is -2.54. The Morgan fingerprint density at radius 2 is 1.90 bits per heavy atom. The van der Waals surface area contributed by atoms with Crippen LogP contribution >= 0.6 is 0 Å². The zero-order chi connectivity index (χ0) is 21.4. The Labute approximate surface area is 180 Å². The second-order valence-electron chi connectivity index (χ2n) is 9.87. The first-order valence-corrected chi connectivity index (χ1v) is 11.3. The average Bonchev–Trinajstić information content (AvgIpc) is 2.72. The van der Waals surface area contributed by atoms with Crippen LogP contribution in [0.5, 0.6) is 5.75 Å². The van der Waals surface area contributed by atoms with Crippen LogP contribution in [-0.4, -0.2) is 12.1 Å². The summed E-state index contributed by atoms with van der Waals surface area (Å²) in [6, 6.07) is 15.0. The van der Waals surface area contributed by atoms with Crippen molar-refractivity contribution < 1.29 is 14.3 Å². The fourth-order valence-corrected chi connectivity index (χ4v) is 6.02. The van der Waals surface area contributed by atoms with E-state index >= 15 is 0 Å². The SMILES string of the molecule is CC(C)c1cc2c(cc1OCc1ccccc1)[C@@]1(C)CCC[C@@](C)(OC=O)[C@@H]1CC2. The van der Waals surface area contributed by atoms with E-state index in [0.717, 1.165) is 37.9 Å². The number of benzene rings is 2. The van der Waals surface area contributed by atoms with Crippen molar-refractivity contribution in [2.75, 3.05) is 0 Å². The molecule has 160 valence electrons. The van der Waals surface area contributed by atoms with Gasteiger partial charge in [0.1, 0.15) is 18.0 Å². The first kappa shape index (κ1) is 21.0. The normalized spacial score (nSPS) is 27.8. The van der Waals surface area contributed by atoms with E-state index in [1.54, 1.807) is 0 Å². The summed E-state index contributed by atoms with van der Waals surface area (Å²) in [7, 11) is 0. The van der Waals surface area contributed by atoms with Gasteiger partial charge in [-0.3, -0.25) is 4.79 Å². The monoisotopic (exact) mass is 406 g/mol. The molecular weight excluding hydrogens is 372 g/mol. The Balaban J connectivity index is 1.73. The van der Waals surface area contributed by atoms with Crippen molar-refractivity contribution in [3.05, 3.63) is 64.7 Å². The zero-order valence-electron chi connectivity index (χ0n) is 18.7. The second-order valence-corrected chi connectivity index (χ2v) is 9.87. The standard InChI is InChI=1S/C27H34O3/c1-19(2)22-15-21-11-12-25-26(3,13-8-14-27(25,4)30-18-28)23(21)16-24(22)29-17-20-9-6-5-7-10-20/h5-7,9-10,15-16,18-19,25H,8,11-14,17H2,1-4H3/t25-,26-,27-/m1/s1. The van der Waals surface area contributed by atoms with E-state index in [2.05, 4.69) is 64.1 Å². The lowest BCUT2D eigenvalue weighted by Gasteiger charge is -2.54. The van der Waals surface area contributed by atoms with E-state index in [0.29, 0.717) is 24.9 Å². The molecule has 0 unspecified atom stereocenters. The highest BCUT2D eigenvalue weighted by atomic mass is 16.5. The molecule has 2 aliphatic rings. The Morgan fingerprint density at radius 3 is 2.60 bits per heavy atom. The molecule has 0 saturated heterocycles. The van der Waals surface area contributed by atoms with E-state index in [-0.39, 0.29) is 11.0 Å². The Morgan fingerprint density at radius 1 is 1.13 bits per heavy atom. The number of ether oxygens (including phenoxy) is 2. The van der Waals surface area contributed by atoms with Gasteiger partial charge >= 0.3 is 0 Å². The Bertz CT molecular complexity index is 904. The summed E-state index contributed by atoms with van der Waals surface area (Å²) >= 11 is 0. The molecule has 1 saturated carbocycles. The first-order chi connectivity index (χ1) is 14.4. The molecule has 0 spiro atoms. The van der Waals surface area contributed by atoms with Crippen LogP contribution in [0.3, 0.4) is 0 Å². The van der Waals surface area contributed by atoms with Crippen LogP contribution in [0.1, 0.15) is 81.5 Å². The van der Waals surface area contributed by atoms with Gasteiger partial charge in [0.15, 0.2) is 0 Å². The molecule has 0 bridgehead atoms. The summed E-state index contributed by atoms with van der Waals surface area (Å²) in [6.45, 7) is 10.2. The van der Waals surface area contributed by atoms with E-state index in [4.69, 9.17) is 9.47 Å². The maximum Gasteiger partial charge on any atom is 0.293 e. The van der Waals surface area contributed by atoms with Crippen LogP contribution in [0, 0.1) is 5.92 Å².